The molecule has 120 valence electrons. The summed E-state index contributed by atoms with van der Waals surface area (Å²) in [7, 11) is 1.84. The number of H-pyrrole nitrogens is 1. The molecule has 2 aromatic heterocycles. The van der Waals surface area contributed by atoms with Crippen molar-refractivity contribution in [2.45, 2.75) is 12.8 Å². The van der Waals surface area contributed by atoms with E-state index in [1.54, 1.807) is 34.2 Å². The van der Waals surface area contributed by atoms with Crippen LogP contribution in [0.15, 0.2) is 30.9 Å². The van der Waals surface area contributed by atoms with Crippen LogP contribution >= 0.6 is 0 Å². The van der Waals surface area contributed by atoms with Gasteiger partial charge in [-0.2, -0.15) is 5.10 Å². The molecule has 7 heteroatoms. The van der Waals surface area contributed by atoms with Crippen molar-refractivity contribution in [1.29, 1.82) is 0 Å². The molecule has 0 bridgehead atoms. The van der Waals surface area contributed by atoms with Crippen molar-refractivity contribution in [3.05, 3.63) is 36.4 Å². The lowest BCUT2D eigenvalue weighted by atomic mass is 9.86. The van der Waals surface area contributed by atoms with Crippen molar-refractivity contribution in [3.63, 3.8) is 0 Å². The molecule has 4 rings (SSSR count). The molecule has 1 spiro atoms. The Morgan fingerprint density at radius 2 is 2.26 bits per heavy atom. The number of aromatic nitrogens is 3. The van der Waals surface area contributed by atoms with Gasteiger partial charge in [0.15, 0.2) is 0 Å². The number of nitrogens with one attached hydrogen (secondary N) is 1. The lowest BCUT2D eigenvalue weighted by molar-refractivity contribution is -0.117. The van der Waals surface area contributed by atoms with Crippen molar-refractivity contribution >= 4 is 17.5 Å². The highest BCUT2D eigenvalue weighted by molar-refractivity contribution is 5.97. The molecule has 1 N–H and O–H groups in total. The summed E-state index contributed by atoms with van der Waals surface area (Å²) in [5.74, 6) is 0.157. The molecule has 2 saturated heterocycles. The van der Waals surface area contributed by atoms with E-state index in [9.17, 15) is 9.59 Å². The molecule has 2 amide bonds. The molecule has 0 unspecified atom stereocenters. The normalized spacial score (nSPS) is 24.1. The monoisotopic (exact) mass is 313 g/mol. The van der Waals surface area contributed by atoms with Crippen LogP contribution < -0.4 is 4.90 Å². The average molecular weight is 313 g/mol. The lowest BCUT2D eigenvalue weighted by Gasteiger charge is -2.23. The Balaban J connectivity index is 1.50. The molecule has 2 aromatic rings. The smallest absolute Gasteiger partial charge is 0.255 e. The first-order valence-corrected chi connectivity index (χ1v) is 7.77. The summed E-state index contributed by atoms with van der Waals surface area (Å²) in [6, 6.07) is 1.79. The van der Waals surface area contributed by atoms with Crippen LogP contribution in [0.1, 0.15) is 23.2 Å². The highest BCUT2D eigenvalue weighted by atomic mass is 16.2. The molecule has 7 nitrogen and oxygen atoms in total. The van der Waals surface area contributed by atoms with Crippen molar-refractivity contribution in [1.82, 2.24) is 19.7 Å². The Bertz CT molecular complexity index is 750. The third-order valence-corrected chi connectivity index (χ3v) is 4.89. The highest BCUT2D eigenvalue weighted by Crippen LogP contribution is 2.42. The van der Waals surface area contributed by atoms with Gasteiger partial charge in [-0.1, -0.05) is 0 Å². The zero-order chi connectivity index (χ0) is 16.0. The molecule has 23 heavy (non-hydrogen) atoms. The van der Waals surface area contributed by atoms with Crippen LogP contribution in [0.2, 0.25) is 0 Å². The molecular weight excluding hydrogens is 294 g/mol. The van der Waals surface area contributed by atoms with Crippen LogP contribution in [-0.4, -0.2) is 51.1 Å². The van der Waals surface area contributed by atoms with Gasteiger partial charge < -0.3 is 14.8 Å². The van der Waals surface area contributed by atoms with Gasteiger partial charge in [0.25, 0.3) is 5.91 Å². The largest absolute Gasteiger partial charge is 0.367 e. The van der Waals surface area contributed by atoms with E-state index in [4.69, 9.17) is 0 Å². The van der Waals surface area contributed by atoms with Crippen molar-refractivity contribution in [2.75, 3.05) is 24.5 Å². The average Bonchev–Trinajstić information content (AvgIpc) is 3.28. The lowest BCUT2D eigenvalue weighted by Crippen LogP contribution is -2.34. The number of carbonyl (C=O) groups excluding carboxylic acids is 2. The maximum atomic E-state index is 12.5. The van der Waals surface area contributed by atoms with E-state index in [0.29, 0.717) is 31.6 Å². The summed E-state index contributed by atoms with van der Waals surface area (Å²) < 4.78 is 1.70. The fourth-order valence-corrected chi connectivity index (χ4v) is 3.70. The quantitative estimate of drug-likeness (QED) is 0.899. The second kappa shape index (κ2) is 4.97. The van der Waals surface area contributed by atoms with Crippen LogP contribution in [0.3, 0.4) is 0 Å². The maximum Gasteiger partial charge on any atom is 0.255 e. The molecule has 2 fully saturated rings. The van der Waals surface area contributed by atoms with Crippen molar-refractivity contribution in [3.8, 4) is 0 Å². The van der Waals surface area contributed by atoms with Gasteiger partial charge in [0.1, 0.15) is 0 Å². The second-order valence-corrected chi connectivity index (χ2v) is 6.61. The van der Waals surface area contributed by atoms with Crippen LogP contribution in [-0.2, 0) is 11.8 Å². The Kier molecular flexibility index (Phi) is 3.04. The van der Waals surface area contributed by atoms with Gasteiger partial charge >= 0.3 is 0 Å². The minimum atomic E-state index is -0.126. The predicted octanol–water partition coefficient (Wildman–Crippen LogP) is 1.02. The maximum absolute atomic E-state index is 12.5. The first-order chi connectivity index (χ1) is 11.1. The van der Waals surface area contributed by atoms with Crippen LogP contribution in [0.5, 0.6) is 0 Å². The first-order valence-electron chi connectivity index (χ1n) is 7.77. The number of hydrogen-bond acceptors (Lipinski definition) is 3. The number of hydrogen-bond donors (Lipinski definition) is 1. The predicted molar refractivity (Wildman–Crippen MR) is 83.9 cm³/mol. The van der Waals surface area contributed by atoms with Gasteiger partial charge in [-0.3, -0.25) is 14.3 Å². The third-order valence-electron chi connectivity index (χ3n) is 4.89. The van der Waals surface area contributed by atoms with E-state index < -0.39 is 0 Å². The van der Waals surface area contributed by atoms with Gasteiger partial charge in [0, 0.05) is 57.1 Å². The summed E-state index contributed by atoms with van der Waals surface area (Å²) in [5, 5.41) is 4.14. The fourth-order valence-electron chi connectivity index (χ4n) is 3.70. The molecule has 4 heterocycles. The van der Waals surface area contributed by atoms with Crippen LogP contribution in [0.25, 0.3) is 0 Å². The van der Waals surface area contributed by atoms with E-state index in [0.717, 1.165) is 12.1 Å². The summed E-state index contributed by atoms with van der Waals surface area (Å²) in [6.07, 6.45) is 8.41. The van der Waals surface area contributed by atoms with Gasteiger partial charge in [-0.25, -0.2) is 0 Å². The SMILES string of the molecule is Cn1cc(N2C[C@@]3(CCN(C(=O)c4cc[nH]c4)C3)CC2=O)cn1. The molecular formula is C16H19N5O2. The first kappa shape index (κ1) is 14.0. The number of aromatic amines is 1. The number of amides is 2. The highest BCUT2D eigenvalue weighted by Gasteiger charge is 2.49. The molecule has 2 aliphatic heterocycles. The summed E-state index contributed by atoms with van der Waals surface area (Å²) in [5.41, 5.74) is 1.39. The number of aryl methyl sites for hydroxylation is 1. The third kappa shape index (κ3) is 2.32. The zero-order valence-corrected chi connectivity index (χ0v) is 13.0. The van der Waals surface area contributed by atoms with Crippen LogP contribution in [0.4, 0.5) is 5.69 Å². The van der Waals surface area contributed by atoms with Gasteiger partial charge in [0.05, 0.1) is 17.4 Å². The minimum Gasteiger partial charge on any atom is -0.367 e. The number of carbonyl (C=O) groups is 2. The molecule has 0 saturated carbocycles. The molecule has 1 atom stereocenters. The van der Waals surface area contributed by atoms with Crippen LogP contribution in [0, 0.1) is 5.41 Å². The van der Waals surface area contributed by atoms with E-state index in [1.165, 1.54) is 0 Å². The number of anilines is 1. The molecule has 0 radical (unpaired) electrons. The topological polar surface area (TPSA) is 74.2 Å². The van der Waals surface area contributed by atoms with E-state index in [1.807, 2.05) is 18.1 Å². The Hall–Kier alpha value is -2.57. The Labute approximate surface area is 133 Å². The number of likely N-dealkylation sites (tertiary alicyclic amines) is 1. The van der Waals surface area contributed by atoms with E-state index in [-0.39, 0.29) is 17.2 Å². The number of rotatable bonds is 2. The summed E-state index contributed by atoms with van der Waals surface area (Å²) in [6.45, 7) is 2.01. The Morgan fingerprint density at radius 1 is 1.39 bits per heavy atom. The van der Waals surface area contributed by atoms with Gasteiger partial charge in [0.2, 0.25) is 5.91 Å². The zero-order valence-electron chi connectivity index (χ0n) is 13.0. The standard InChI is InChI=1S/C16H19N5O2/c1-19-9-13(8-18-19)21-11-16(6-14(21)22)3-5-20(10-16)15(23)12-2-4-17-7-12/h2,4,7-9,17H,3,5-6,10-11H2,1H3/t16-/m0/s1. The number of nitrogens with zero attached hydrogens (tertiary/aromatic N) is 4. The second-order valence-electron chi connectivity index (χ2n) is 6.61. The summed E-state index contributed by atoms with van der Waals surface area (Å²) >= 11 is 0. The van der Waals surface area contributed by atoms with Crippen molar-refractivity contribution < 1.29 is 9.59 Å². The fraction of sp³-hybridized carbons (Fsp3) is 0.438. The van der Waals surface area contributed by atoms with Gasteiger partial charge in [-0.05, 0) is 12.5 Å². The van der Waals surface area contributed by atoms with Gasteiger partial charge in [-0.15, -0.1) is 0 Å². The molecule has 0 aliphatic carbocycles. The molecule has 0 aromatic carbocycles. The van der Waals surface area contributed by atoms with E-state index in [2.05, 4.69) is 10.1 Å². The Morgan fingerprint density at radius 3 is 2.96 bits per heavy atom. The minimum absolute atomic E-state index is 0.0374. The summed E-state index contributed by atoms with van der Waals surface area (Å²) in [4.78, 5) is 31.5. The van der Waals surface area contributed by atoms with E-state index >= 15 is 0 Å². The van der Waals surface area contributed by atoms with Crippen molar-refractivity contribution in [2.24, 2.45) is 12.5 Å². The molecule has 2 aliphatic rings.